The van der Waals surface area contributed by atoms with Gasteiger partial charge in [0.05, 0.1) is 0 Å². The molecule has 318 valence electrons. The average Bonchev–Trinajstić information content (AvgIpc) is 3.17. The van der Waals surface area contributed by atoms with Gasteiger partial charge in [0.15, 0.2) is 6.10 Å². The first-order valence-electron chi connectivity index (χ1n) is 23.7. The van der Waals surface area contributed by atoms with Crippen molar-refractivity contribution in [2.75, 3.05) is 13.2 Å². The molecule has 0 fully saturated rings. The lowest BCUT2D eigenvalue weighted by atomic mass is 10.0. The summed E-state index contributed by atoms with van der Waals surface area (Å²) in [6.07, 6.45) is 46.1. The molecule has 0 bridgehead atoms. The highest BCUT2D eigenvalue weighted by Crippen LogP contribution is 2.15. The number of hydrogen-bond acceptors (Lipinski definition) is 6. The van der Waals surface area contributed by atoms with Gasteiger partial charge in [-0.1, -0.05) is 206 Å². The van der Waals surface area contributed by atoms with Crippen molar-refractivity contribution >= 4 is 17.9 Å². The Morgan fingerprint density at radius 3 is 0.944 bits per heavy atom. The first kappa shape index (κ1) is 52.2. The lowest BCUT2D eigenvalue weighted by Gasteiger charge is -2.18. The molecule has 0 amide bonds. The fraction of sp³-hybridized carbons (Fsp3) is 0.896. The molecule has 0 aliphatic rings. The van der Waals surface area contributed by atoms with E-state index in [9.17, 15) is 14.4 Å². The second kappa shape index (κ2) is 43.9. The predicted molar refractivity (Wildman–Crippen MR) is 229 cm³/mol. The van der Waals surface area contributed by atoms with Gasteiger partial charge in [0.2, 0.25) is 0 Å². The van der Waals surface area contributed by atoms with Crippen LogP contribution in [0.4, 0.5) is 0 Å². The molecule has 0 rings (SSSR count). The summed E-state index contributed by atoms with van der Waals surface area (Å²) in [5, 5.41) is 0. The van der Waals surface area contributed by atoms with Gasteiger partial charge < -0.3 is 14.2 Å². The first-order chi connectivity index (χ1) is 26.5. The summed E-state index contributed by atoms with van der Waals surface area (Å²) in [4.78, 5) is 37.7. The Morgan fingerprint density at radius 1 is 0.352 bits per heavy atom. The van der Waals surface area contributed by atoms with E-state index in [-0.39, 0.29) is 31.1 Å². The van der Waals surface area contributed by atoms with Crippen LogP contribution in [0.1, 0.15) is 258 Å². The largest absolute Gasteiger partial charge is 0.462 e. The molecule has 6 heteroatoms. The monoisotopic (exact) mass is 763 g/mol. The molecular weight excluding hydrogens is 673 g/mol. The summed E-state index contributed by atoms with van der Waals surface area (Å²) in [7, 11) is 0. The number of unbranched alkanes of at least 4 members (excludes halogenated alkanes) is 30. The van der Waals surface area contributed by atoms with Gasteiger partial charge in [-0.3, -0.25) is 14.4 Å². The van der Waals surface area contributed by atoms with Gasteiger partial charge in [0.1, 0.15) is 13.2 Å². The highest BCUT2D eigenvalue weighted by Gasteiger charge is 2.19. The Hall–Kier alpha value is -1.85. The van der Waals surface area contributed by atoms with Crippen LogP contribution in [0.2, 0.25) is 0 Å². The fourth-order valence-electron chi connectivity index (χ4n) is 6.91. The van der Waals surface area contributed by atoms with Crippen LogP contribution in [0.15, 0.2) is 12.2 Å². The van der Waals surface area contributed by atoms with E-state index in [4.69, 9.17) is 14.2 Å². The van der Waals surface area contributed by atoms with Crippen LogP contribution < -0.4 is 0 Å². The lowest BCUT2D eigenvalue weighted by molar-refractivity contribution is -0.167. The van der Waals surface area contributed by atoms with Crippen molar-refractivity contribution in [1.82, 2.24) is 0 Å². The van der Waals surface area contributed by atoms with E-state index in [0.717, 1.165) is 64.2 Å². The lowest BCUT2D eigenvalue weighted by Crippen LogP contribution is -2.30. The zero-order valence-electron chi connectivity index (χ0n) is 36.3. The maximum absolute atomic E-state index is 12.7. The molecule has 6 nitrogen and oxygen atoms in total. The van der Waals surface area contributed by atoms with Gasteiger partial charge in [0, 0.05) is 19.3 Å². The van der Waals surface area contributed by atoms with Crippen molar-refractivity contribution in [3.8, 4) is 0 Å². The molecule has 0 spiro atoms. The van der Waals surface area contributed by atoms with Crippen molar-refractivity contribution in [1.29, 1.82) is 0 Å². The summed E-state index contributed by atoms with van der Waals surface area (Å²) >= 11 is 0. The van der Waals surface area contributed by atoms with Crippen LogP contribution in [0.5, 0.6) is 0 Å². The number of hydrogen-bond donors (Lipinski definition) is 0. The second-order valence-electron chi connectivity index (χ2n) is 16.0. The Kier molecular flexibility index (Phi) is 42.4. The maximum atomic E-state index is 12.7. The molecule has 54 heavy (non-hydrogen) atoms. The fourth-order valence-corrected chi connectivity index (χ4v) is 6.91. The van der Waals surface area contributed by atoms with Crippen molar-refractivity contribution in [3.63, 3.8) is 0 Å². The molecule has 0 aliphatic carbocycles. The second-order valence-corrected chi connectivity index (χ2v) is 16.0. The van der Waals surface area contributed by atoms with Crippen molar-refractivity contribution in [3.05, 3.63) is 12.2 Å². The van der Waals surface area contributed by atoms with E-state index in [1.165, 1.54) is 154 Å². The predicted octanol–water partition coefficient (Wildman–Crippen LogP) is 15.0. The van der Waals surface area contributed by atoms with Crippen LogP contribution in [0.25, 0.3) is 0 Å². The van der Waals surface area contributed by atoms with Crippen molar-refractivity contribution < 1.29 is 28.6 Å². The molecule has 0 saturated carbocycles. The van der Waals surface area contributed by atoms with E-state index < -0.39 is 6.10 Å². The van der Waals surface area contributed by atoms with Crippen molar-refractivity contribution in [2.45, 2.75) is 264 Å². The smallest absolute Gasteiger partial charge is 0.306 e. The molecule has 0 aromatic rings. The minimum Gasteiger partial charge on any atom is -0.462 e. The van der Waals surface area contributed by atoms with Gasteiger partial charge in [-0.25, -0.2) is 0 Å². The minimum absolute atomic E-state index is 0.0688. The summed E-state index contributed by atoms with van der Waals surface area (Å²) < 4.78 is 16.7. The highest BCUT2D eigenvalue weighted by molar-refractivity contribution is 5.71. The highest BCUT2D eigenvalue weighted by atomic mass is 16.6. The summed E-state index contributed by atoms with van der Waals surface area (Å²) in [6, 6.07) is 0. The van der Waals surface area contributed by atoms with Crippen LogP contribution >= 0.6 is 0 Å². The maximum Gasteiger partial charge on any atom is 0.306 e. The standard InChI is InChI=1S/C48H90O6/c1-4-7-10-13-16-19-22-24-27-30-33-36-39-42-48(51)54-45(43-52-46(49)40-37-34-31-28-25-21-18-15-12-9-6-3)44-53-47(50)41-38-35-32-29-26-23-20-17-14-11-8-5-2/h19,22,45H,4-18,20-21,23-44H2,1-3H3/b22-19-/t45-/m0/s1. The topological polar surface area (TPSA) is 78.9 Å². The van der Waals surface area contributed by atoms with Crippen LogP contribution in [0, 0.1) is 0 Å². The molecule has 0 saturated heterocycles. The Labute approximate surface area is 335 Å². The molecule has 0 aromatic heterocycles. The van der Waals surface area contributed by atoms with Crippen molar-refractivity contribution in [2.24, 2.45) is 0 Å². The zero-order chi connectivity index (χ0) is 39.4. The molecule has 0 radical (unpaired) electrons. The molecule has 0 heterocycles. The normalized spacial score (nSPS) is 12.0. The summed E-state index contributed by atoms with van der Waals surface area (Å²) in [5.41, 5.74) is 0. The van der Waals surface area contributed by atoms with E-state index in [1.807, 2.05) is 0 Å². The minimum atomic E-state index is -0.765. The number of ether oxygens (including phenoxy) is 3. The van der Waals surface area contributed by atoms with Gasteiger partial charge in [0.25, 0.3) is 0 Å². The third-order valence-electron chi connectivity index (χ3n) is 10.5. The number of allylic oxidation sites excluding steroid dienone is 2. The van der Waals surface area contributed by atoms with E-state index in [0.29, 0.717) is 19.3 Å². The zero-order valence-corrected chi connectivity index (χ0v) is 36.3. The Morgan fingerprint density at radius 2 is 0.611 bits per heavy atom. The van der Waals surface area contributed by atoms with Crippen LogP contribution in [0.3, 0.4) is 0 Å². The molecule has 1 atom stereocenters. The van der Waals surface area contributed by atoms with Crippen LogP contribution in [-0.2, 0) is 28.6 Å². The van der Waals surface area contributed by atoms with E-state index in [2.05, 4.69) is 32.9 Å². The summed E-state index contributed by atoms with van der Waals surface area (Å²) in [6.45, 7) is 6.62. The number of carbonyl (C=O) groups excluding carboxylic acids is 3. The Bertz CT molecular complexity index is 839. The summed E-state index contributed by atoms with van der Waals surface area (Å²) in [5.74, 6) is -0.868. The van der Waals surface area contributed by atoms with Gasteiger partial charge >= 0.3 is 17.9 Å². The third-order valence-corrected chi connectivity index (χ3v) is 10.5. The van der Waals surface area contributed by atoms with Gasteiger partial charge in [-0.15, -0.1) is 0 Å². The van der Waals surface area contributed by atoms with Crippen LogP contribution in [-0.4, -0.2) is 37.2 Å². The van der Waals surface area contributed by atoms with E-state index in [1.54, 1.807) is 0 Å². The number of esters is 3. The average molecular weight is 763 g/mol. The molecular formula is C48H90O6. The van der Waals surface area contributed by atoms with Gasteiger partial charge in [-0.05, 0) is 44.9 Å². The number of rotatable bonds is 43. The molecule has 0 aromatic carbocycles. The Balaban J connectivity index is 4.35. The first-order valence-corrected chi connectivity index (χ1v) is 23.7. The molecule has 0 N–H and O–H groups in total. The quantitative estimate of drug-likeness (QED) is 0.0266. The molecule has 0 aliphatic heterocycles. The van der Waals surface area contributed by atoms with Gasteiger partial charge in [-0.2, -0.15) is 0 Å². The SMILES string of the molecule is CCCCCC/C=C\CCCCCCCC(=O)O[C@@H](COC(=O)CCCCCCCCCCCCC)COC(=O)CCCCCCCCCCCCCC. The number of carbonyl (C=O) groups is 3. The third kappa shape index (κ3) is 41.3. The molecule has 0 unspecified atom stereocenters. The van der Waals surface area contributed by atoms with E-state index >= 15 is 0 Å².